The van der Waals surface area contributed by atoms with E-state index in [4.69, 9.17) is 14.4 Å². The SMILES string of the molecule is C1=CN=C(c2cccc(-c3cc(C4=CCC(c5cccc6c5oc5ccccc56)C=C4)nc(-c4ccc(-c5cccc6ccccc56)cc4)n3)c2)CC1. The Morgan fingerprint density at radius 3 is 2.23 bits per heavy atom. The lowest BCUT2D eigenvalue weighted by Crippen LogP contribution is -2.04. The number of furan rings is 1. The highest BCUT2D eigenvalue weighted by atomic mass is 16.3. The number of hydrogen-bond donors (Lipinski definition) is 0. The molecular formula is C49H35N3O. The Bertz CT molecular complexity index is 2810. The summed E-state index contributed by atoms with van der Waals surface area (Å²) in [4.78, 5) is 15.1. The zero-order valence-electron chi connectivity index (χ0n) is 29.1. The van der Waals surface area contributed by atoms with Crippen LogP contribution in [0.25, 0.3) is 72.1 Å². The second-order valence-corrected chi connectivity index (χ2v) is 13.8. The van der Waals surface area contributed by atoms with Crippen molar-refractivity contribution in [3.8, 4) is 33.8 Å². The third-order valence-electron chi connectivity index (χ3n) is 10.6. The molecule has 0 N–H and O–H groups in total. The Labute approximate surface area is 308 Å². The summed E-state index contributed by atoms with van der Waals surface area (Å²) in [5, 5.41) is 4.79. The summed E-state index contributed by atoms with van der Waals surface area (Å²) in [5.74, 6) is 0.904. The second kappa shape index (κ2) is 13.2. The van der Waals surface area contributed by atoms with Crippen LogP contribution in [0.2, 0.25) is 0 Å². The van der Waals surface area contributed by atoms with Crippen molar-refractivity contribution < 1.29 is 4.42 Å². The Morgan fingerprint density at radius 2 is 1.36 bits per heavy atom. The molecule has 4 nitrogen and oxygen atoms in total. The van der Waals surface area contributed by atoms with Crippen molar-refractivity contribution in [2.45, 2.75) is 25.2 Å². The lowest BCUT2D eigenvalue weighted by molar-refractivity contribution is 0.657. The van der Waals surface area contributed by atoms with E-state index in [1.54, 1.807) is 0 Å². The predicted molar refractivity (Wildman–Crippen MR) is 219 cm³/mol. The average Bonchev–Trinajstić information content (AvgIpc) is 3.63. The minimum Gasteiger partial charge on any atom is -0.456 e. The van der Waals surface area contributed by atoms with E-state index < -0.39 is 0 Å². The van der Waals surface area contributed by atoms with E-state index in [-0.39, 0.29) is 5.92 Å². The van der Waals surface area contributed by atoms with E-state index in [0.29, 0.717) is 5.82 Å². The molecule has 0 saturated carbocycles. The maximum atomic E-state index is 6.40. The van der Waals surface area contributed by atoms with Crippen molar-refractivity contribution in [2.75, 3.05) is 0 Å². The number of rotatable bonds is 6. The number of nitrogens with zero attached hydrogens (tertiary/aromatic N) is 3. The number of fused-ring (bicyclic) bond motifs is 4. The van der Waals surface area contributed by atoms with E-state index in [1.807, 2.05) is 18.3 Å². The highest BCUT2D eigenvalue weighted by Crippen LogP contribution is 2.39. The number of benzene rings is 6. The molecule has 0 spiro atoms. The average molecular weight is 682 g/mol. The van der Waals surface area contributed by atoms with E-state index in [9.17, 15) is 0 Å². The van der Waals surface area contributed by atoms with Crippen molar-refractivity contribution in [2.24, 2.45) is 4.99 Å². The first-order valence-corrected chi connectivity index (χ1v) is 18.3. The van der Waals surface area contributed by atoms with Gasteiger partial charge in [-0.3, -0.25) is 4.99 Å². The zero-order valence-corrected chi connectivity index (χ0v) is 29.1. The van der Waals surface area contributed by atoms with E-state index in [0.717, 1.165) is 80.6 Å². The molecule has 6 aromatic carbocycles. The lowest BCUT2D eigenvalue weighted by atomic mass is 9.88. The van der Waals surface area contributed by atoms with E-state index >= 15 is 0 Å². The molecule has 0 bridgehead atoms. The van der Waals surface area contributed by atoms with Gasteiger partial charge in [0.05, 0.1) is 11.4 Å². The molecule has 8 aromatic rings. The predicted octanol–water partition coefficient (Wildman–Crippen LogP) is 12.8. The standard InChI is InChI=1S/C49H35N3O/c1-2-14-39-32(10-1)11-8-16-40(39)33-23-27-36(28-24-33)49-51-45(31-46(52-49)38-13-7-12-37(30-38)44-19-5-6-29-50-44)35-25-21-34(22-26-35)41-17-9-18-43-42-15-3-4-20-47(42)53-48(41)43/h1-4,6-18,20-21,23-31,34H,5,19,22H2. The molecule has 1 aliphatic carbocycles. The Morgan fingerprint density at radius 1 is 0.604 bits per heavy atom. The van der Waals surface area contributed by atoms with Gasteiger partial charge in [0.15, 0.2) is 5.82 Å². The van der Waals surface area contributed by atoms with Crippen LogP contribution < -0.4 is 0 Å². The van der Waals surface area contributed by atoms with Gasteiger partial charge >= 0.3 is 0 Å². The Hall–Kier alpha value is -6.65. The van der Waals surface area contributed by atoms with Crippen LogP contribution in [-0.4, -0.2) is 15.7 Å². The molecule has 10 rings (SSSR count). The van der Waals surface area contributed by atoms with Gasteiger partial charge in [0.1, 0.15) is 11.2 Å². The van der Waals surface area contributed by atoms with Gasteiger partial charge < -0.3 is 4.42 Å². The summed E-state index contributed by atoms with van der Waals surface area (Å²) >= 11 is 0. The maximum absolute atomic E-state index is 6.40. The van der Waals surface area contributed by atoms with Gasteiger partial charge in [-0.25, -0.2) is 9.97 Å². The number of aromatic nitrogens is 2. The van der Waals surface area contributed by atoms with Gasteiger partial charge in [-0.1, -0.05) is 146 Å². The summed E-state index contributed by atoms with van der Waals surface area (Å²) in [6.07, 6.45) is 13.6. The Kier molecular flexibility index (Phi) is 7.72. The van der Waals surface area contributed by atoms with Crippen LogP contribution in [0.1, 0.15) is 42.0 Å². The van der Waals surface area contributed by atoms with Gasteiger partial charge in [-0.15, -0.1) is 0 Å². The molecule has 1 atom stereocenters. The van der Waals surface area contributed by atoms with Crippen molar-refractivity contribution in [3.63, 3.8) is 0 Å². The van der Waals surface area contributed by atoms with Crippen LogP contribution in [0.15, 0.2) is 179 Å². The van der Waals surface area contributed by atoms with Gasteiger partial charge in [0.25, 0.3) is 0 Å². The normalized spacial score (nSPS) is 15.6. The molecule has 252 valence electrons. The second-order valence-electron chi connectivity index (χ2n) is 13.8. The third kappa shape index (κ3) is 5.79. The quantitative estimate of drug-likeness (QED) is 0.175. The van der Waals surface area contributed by atoms with Crippen molar-refractivity contribution in [1.82, 2.24) is 9.97 Å². The molecule has 2 aromatic heterocycles. The number of para-hydroxylation sites is 2. The smallest absolute Gasteiger partial charge is 0.160 e. The van der Waals surface area contributed by atoms with Crippen molar-refractivity contribution in [3.05, 3.63) is 187 Å². The van der Waals surface area contributed by atoms with Crippen LogP contribution in [0.4, 0.5) is 0 Å². The molecule has 3 heterocycles. The molecule has 2 aliphatic rings. The zero-order chi connectivity index (χ0) is 35.1. The first-order chi connectivity index (χ1) is 26.2. The fourth-order valence-electron chi connectivity index (χ4n) is 7.83. The molecule has 1 unspecified atom stereocenters. The fraction of sp³-hybridized carbons (Fsp3) is 0.0816. The summed E-state index contributed by atoms with van der Waals surface area (Å²) in [6, 6.07) is 49.2. The van der Waals surface area contributed by atoms with Crippen LogP contribution in [-0.2, 0) is 0 Å². The first-order valence-electron chi connectivity index (χ1n) is 18.3. The van der Waals surface area contributed by atoms with Crippen LogP contribution in [0, 0.1) is 0 Å². The molecule has 0 amide bonds. The van der Waals surface area contributed by atoms with Crippen molar-refractivity contribution in [1.29, 1.82) is 0 Å². The first kappa shape index (κ1) is 31.1. The van der Waals surface area contributed by atoms with Gasteiger partial charge in [-0.05, 0) is 70.5 Å². The van der Waals surface area contributed by atoms with E-state index in [2.05, 4.69) is 157 Å². The monoisotopic (exact) mass is 681 g/mol. The third-order valence-corrected chi connectivity index (χ3v) is 10.6. The van der Waals surface area contributed by atoms with Crippen LogP contribution >= 0.6 is 0 Å². The number of aliphatic imine (C=N–C) groups is 1. The largest absolute Gasteiger partial charge is 0.456 e. The summed E-state index contributed by atoms with van der Waals surface area (Å²) in [7, 11) is 0. The lowest BCUT2D eigenvalue weighted by Gasteiger charge is -2.18. The minimum absolute atomic E-state index is 0.201. The highest BCUT2D eigenvalue weighted by molar-refractivity contribution is 6.06. The molecule has 0 radical (unpaired) electrons. The molecule has 0 saturated heterocycles. The molecule has 0 fully saturated rings. The highest BCUT2D eigenvalue weighted by Gasteiger charge is 2.20. The summed E-state index contributed by atoms with van der Waals surface area (Å²) in [6.45, 7) is 0. The fourth-order valence-corrected chi connectivity index (χ4v) is 7.83. The number of allylic oxidation sites excluding steroid dienone is 5. The van der Waals surface area contributed by atoms with Gasteiger partial charge in [0, 0.05) is 45.3 Å². The molecule has 1 aliphatic heterocycles. The molecule has 53 heavy (non-hydrogen) atoms. The van der Waals surface area contributed by atoms with Crippen LogP contribution in [0.3, 0.4) is 0 Å². The van der Waals surface area contributed by atoms with Crippen LogP contribution in [0.5, 0.6) is 0 Å². The van der Waals surface area contributed by atoms with E-state index in [1.165, 1.54) is 27.5 Å². The maximum Gasteiger partial charge on any atom is 0.160 e. The molecule has 4 heteroatoms. The summed E-state index contributed by atoms with van der Waals surface area (Å²) < 4.78 is 6.40. The summed E-state index contributed by atoms with van der Waals surface area (Å²) in [5.41, 5.74) is 12.6. The molecular weight excluding hydrogens is 647 g/mol. The van der Waals surface area contributed by atoms with Gasteiger partial charge in [0.2, 0.25) is 0 Å². The van der Waals surface area contributed by atoms with Crippen molar-refractivity contribution >= 4 is 44.0 Å². The topological polar surface area (TPSA) is 51.3 Å². The van der Waals surface area contributed by atoms with Gasteiger partial charge in [-0.2, -0.15) is 0 Å². The minimum atomic E-state index is 0.201. The number of hydrogen-bond acceptors (Lipinski definition) is 4. The Balaban J connectivity index is 1.03.